The summed E-state index contributed by atoms with van der Waals surface area (Å²) < 4.78 is 25.5. The van der Waals surface area contributed by atoms with Crippen molar-refractivity contribution in [2.75, 3.05) is 19.7 Å². The molecule has 0 fully saturated rings. The molecule has 0 aliphatic rings. The summed E-state index contributed by atoms with van der Waals surface area (Å²) in [6.07, 6.45) is 1.49. The lowest BCUT2D eigenvalue weighted by Gasteiger charge is -2.19. The maximum absolute atomic E-state index is 12.1. The normalized spacial score (nSPS) is 11.7. The Balaban J connectivity index is 2.92. The number of hydrogen-bond acceptors (Lipinski definition) is 3. The molecule has 0 aliphatic heterocycles. The van der Waals surface area contributed by atoms with E-state index in [-0.39, 0.29) is 25.4 Å². The summed E-state index contributed by atoms with van der Waals surface area (Å²) in [6.45, 7) is 3.51. The Morgan fingerprint density at radius 2 is 2.06 bits per heavy atom. The second-order valence-electron chi connectivity index (χ2n) is 3.72. The van der Waals surface area contributed by atoms with Gasteiger partial charge in [-0.15, -0.1) is 6.58 Å². The first-order valence-corrected chi connectivity index (χ1v) is 7.43. The van der Waals surface area contributed by atoms with Crippen LogP contribution in [0.5, 0.6) is 0 Å². The topological polar surface area (TPSA) is 57.6 Å². The van der Waals surface area contributed by atoms with Gasteiger partial charge < -0.3 is 5.11 Å². The van der Waals surface area contributed by atoms with Gasteiger partial charge in [0.2, 0.25) is 10.0 Å². The van der Waals surface area contributed by atoms with Crippen molar-refractivity contribution in [2.24, 2.45) is 0 Å². The van der Waals surface area contributed by atoms with Crippen molar-refractivity contribution in [3.05, 3.63) is 47.5 Å². The minimum Gasteiger partial charge on any atom is -0.395 e. The fourth-order valence-corrected chi connectivity index (χ4v) is 3.30. The van der Waals surface area contributed by atoms with E-state index >= 15 is 0 Å². The summed E-state index contributed by atoms with van der Waals surface area (Å²) in [7, 11) is -3.50. The third-order valence-electron chi connectivity index (χ3n) is 2.37. The highest BCUT2D eigenvalue weighted by atomic mass is 35.5. The minimum atomic E-state index is -3.50. The molecule has 1 rings (SSSR count). The van der Waals surface area contributed by atoms with Gasteiger partial charge in [0, 0.05) is 18.1 Å². The van der Waals surface area contributed by atoms with E-state index in [0.717, 1.165) is 0 Å². The fourth-order valence-electron chi connectivity index (χ4n) is 1.50. The van der Waals surface area contributed by atoms with Crippen molar-refractivity contribution in [1.82, 2.24) is 4.31 Å². The van der Waals surface area contributed by atoms with Crippen LogP contribution < -0.4 is 0 Å². The smallest absolute Gasteiger partial charge is 0.218 e. The molecular formula is C12H16ClNO3S. The molecular weight excluding hydrogens is 274 g/mol. The van der Waals surface area contributed by atoms with E-state index in [1.165, 1.54) is 10.4 Å². The molecule has 1 aromatic rings. The van der Waals surface area contributed by atoms with E-state index < -0.39 is 10.0 Å². The summed E-state index contributed by atoms with van der Waals surface area (Å²) in [5.41, 5.74) is 0.547. The molecule has 0 atom stereocenters. The van der Waals surface area contributed by atoms with Crippen LogP contribution in [-0.4, -0.2) is 37.5 Å². The first kappa shape index (κ1) is 15.2. The number of aliphatic hydroxyl groups excluding tert-OH is 1. The molecule has 0 unspecified atom stereocenters. The molecule has 0 aliphatic carbocycles. The van der Waals surface area contributed by atoms with Gasteiger partial charge in [-0.3, -0.25) is 0 Å². The number of halogens is 1. The van der Waals surface area contributed by atoms with Crippen molar-refractivity contribution >= 4 is 21.6 Å². The Labute approximate surface area is 113 Å². The zero-order valence-electron chi connectivity index (χ0n) is 9.92. The van der Waals surface area contributed by atoms with Crippen molar-refractivity contribution < 1.29 is 13.5 Å². The summed E-state index contributed by atoms with van der Waals surface area (Å²) in [5, 5.41) is 9.30. The molecule has 0 saturated heterocycles. The van der Waals surface area contributed by atoms with Crippen LogP contribution in [0.2, 0.25) is 5.02 Å². The van der Waals surface area contributed by atoms with Crippen LogP contribution >= 0.6 is 11.6 Å². The molecule has 4 nitrogen and oxygen atoms in total. The molecule has 0 amide bonds. The number of aliphatic hydroxyl groups is 1. The molecule has 0 aromatic heterocycles. The number of nitrogens with zero attached hydrogens (tertiary/aromatic N) is 1. The largest absolute Gasteiger partial charge is 0.395 e. The highest BCUT2D eigenvalue weighted by Crippen LogP contribution is 2.19. The van der Waals surface area contributed by atoms with Gasteiger partial charge in [-0.2, -0.15) is 4.31 Å². The van der Waals surface area contributed by atoms with E-state index in [2.05, 4.69) is 6.58 Å². The van der Waals surface area contributed by atoms with Crippen LogP contribution in [0.25, 0.3) is 0 Å². The maximum Gasteiger partial charge on any atom is 0.218 e. The Morgan fingerprint density at radius 1 is 1.39 bits per heavy atom. The van der Waals surface area contributed by atoms with Crippen molar-refractivity contribution in [3.63, 3.8) is 0 Å². The van der Waals surface area contributed by atoms with E-state index in [9.17, 15) is 8.42 Å². The first-order chi connectivity index (χ1) is 8.51. The SMILES string of the molecule is C=CCN(CCO)S(=O)(=O)Cc1ccccc1Cl. The van der Waals surface area contributed by atoms with Crippen molar-refractivity contribution in [3.8, 4) is 0 Å². The van der Waals surface area contributed by atoms with Gasteiger partial charge >= 0.3 is 0 Å². The Kier molecular flexibility index (Phi) is 5.81. The molecule has 18 heavy (non-hydrogen) atoms. The molecule has 0 saturated carbocycles. The van der Waals surface area contributed by atoms with Gasteiger partial charge in [0.05, 0.1) is 12.4 Å². The molecule has 1 aromatic carbocycles. The Morgan fingerprint density at radius 3 is 2.61 bits per heavy atom. The van der Waals surface area contributed by atoms with Gasteiger partial charge in [0.15, 0.2) is 0 Å². The highest BCUT2D eigenvalue weighted by molar-refractivity contribution is 7.88. The second-order valence-corrected chi connectivity index (χ2v) is 6.09. The Hall–Kier alpha value is -0.880. The van der Waals surface area contributed by atoms with Crippen LogP contribution in [0.4, 0.5) is 0 Å². The molecule has 0 radical (unpaired) electrons. The van der Waals surface area contributed by atoms with Gasteiger partial charge in [-0.05, 0) is 11.6 Å². The number of sulfonamides is 1. The molecule has 1 N–H and O–H groups in total. The number of rotatable bonds is 7. The van der Waals surface area contributed by atoms with Crippen LogP contribution in [0.3, 0.4) is 0 Å². The molecule has 0 spiro atoms. The quantitative estimate of drug-likeness (QED) is 0.777. The molecule has 0 bridgehead atoms. The lowest BCUT2D eigenvalue weighted by Crippen LogP contribution is -2.34. The summed E-state index contributed by atoms with van der Waals surface area (Å²) in [6, 6.07) is 6.80. The van der Waals surface area contributed by atoms with E-state index in [1.54, 1.807) is 24.3 Å². The van der Waals surface area contributed by atoms with Gasteiger partial charge in [-0.1, -0.05) is 35.9 Å². The summed E-state index contributed by atoms with van der Waals surface area (Å²) in [4.78, 5) is 0. The zero-order chi connectivity index (χ0) is 13.6. The van der Waals surface area contributed by atoms with Crippen molar-refractivity contribution in [1.29, 1.82) is 0 Å². The predicted molar refractivity (Wildman–Crippen MR) is 72.9 cm³/mol. The average molecular weight is 290 g/mol. The predicted octanol–water partition coefficient (Wildman–Crippen LogP) is 1.65. The second kappa shape index (κ2) is 6.89. The monoisotopic (exact) mass is 289 g/mol. The highest BCUT2D eigenvalue weighted by Gasteiger charge is 2.21. The lowest BCUT2D eigenvalue weighted by molar-refractivity contribution is 0.260. The first-order valence-electron chi connectivity index (χ1n) is 5.44. The van der Waals surface area contributed by atoms with Crippen LogP contribution in [0.15, 0.2) is 36.9 Å². The third kappa shape index (κ3) is 4.10. The number of hydrogen-bond donors (Lipinski definition) is 1. The van der Waals surface area contributed by atoms with Crippen LogP contribution in [0, 0.1) is 0 Å². The van der Waals surface area contributed by atoms with Gasteiger partial charge in [0.1, 0.15) is 0 Å². The maximum atomic E-state index is 12.1. The van der Waals surface area contributed by atoms with Crippen molar-refractivity contribution in [2.45, 2.75) is 5.75 Å². The molecule has 0 heterocycles. The van der Waals surface area contributed by atoms with Gasteiger partial charge in [-0.25, -0.2) is 8.42 Å². The van der Waals surface area contributed by atoms with Gasteiger partial charge in [0.25, 0.3) is 0 Å². The van der Waals surface area contributed by atoms with E-state index in [4.69, 9.17) is 16.7 Å². The molecule has 100 valence electrons. The standard InChI is InChI=1S/C12H16ClNO3S/c1-2-7-14(8-9-15)18(16,17)10-11-5-3-4-6-12(11)13/h2-6,15H,1,7-10H2. The summed E-state index contributed by atoms with van der Waals surface area (Å²) >= 11 is 5.94. The van der Waals surface area contributed by atoms with Crippen LogP contribution in [0.1, 0.15) is 5.56 Å². The number of benzene rings is 1. The minimum absolute atomic E-state index is 0.0544. The zero-order valence-corrected chi connectivity index (χ0v) is 11.5. The fraction of sp³-hybridized carbons (Fsp3) is 0.333. The average Bonchev–Trinajstić information content (AvgIpc) is 2.32. The van der Waals surface area contributed by atoms with Crippen LogP contribution in [-0.2, 0) is 15.8 Å². The summed E-state index contributed by atoms with van der Waals surface area (Å²) in [5.74, 6) is -0.180. The lowest BCUT2D eigenvalue weighted by atomic mass is 10.2. The van der Waals surface area contributed by atoms with E-state index in [1.807, 2.05) is 0 Å². The van der Waals surface area contributed by atoms with E-state index in [0.29, 0.717) is 10.6 Å². The Bertz CT molecular complexity index is 502. The third-order valence-corrected chi connectivity index (χ3v) is 4.53. The molecule has 6 heteroatoms.